The maximum atomic E-state index is 11.3. The summed E-state index contributed by atoms with van der Waals surface area (Å²) < 4.78 is 31.5. The van der Waals surface area contributed by atoms with E-state index >= 15 is 0 Å². The summed E-state index contributed by atoms with van der Waals surface area (Å²) in [5.74, 6) is -1.38. The van der Waals surface area contributed by atoms with Crippen molar-refractivity contribution in [1.29, 1.82) is 0 Å². The second-order valence-electron chi connectivity index (χ2n) is 6.71. The van der Waals surface area contributed by atoms with Gasteiger partial charge in [-0.3, -0.25) is 0 Å². The monoisotopic (exact) mass is 440 g/mol. The molecule has 0 rings (SSSR count). The van der Waals surface area contributed by atoms with Crippen LogP contribution in [0.3, 0.4) is 0 Å². The van der Waals surface area contributed by atoms with Gasteiger partial charge in [-0.25, -0.2) is 14.4 Å². The molecule has 0 N–H and O–H groups in total. The van der Waals surface area contributed by atoms with Gasteiger partial charge in [-0.2, -0.15) is 0 Å². The summed E-state index contributed by atoms with van der Waals surface area (Å²) in [6.45, 7) is 16.4. The summed E-state index contributed by atoms with van der Waals surface area (Å²) in [6, 6.07) is 0. The van der Waals surface area contributed by atoms with E-state index in [2.05, 4.69) is 19.7 Å². The van der Waals surface area contributed by atoms with Crippen LogP contribution in [0.4, 0.5) is 0 Å². The average molecular weight is 440 g/mol. The molecule has 0 aliphatic carbocycles. The lowest BCUT2D eigenvalue weighted by Gasteiger charge is -2.15. The fourth-order valence-electron chi connectivity index (χ4n) is 1.72. The topological polar surface area (TPSA) is 107 Å². The molecule has 0 unspecified atom stereocenters. The van der Waals surface area contributed by atoms with E-state index in [0.29, 0.717) is 36.0 Å². The molecular formula is C21H33BO9. The summed E-state index contributed by atoms with van der Waals surface area (Å²) in [7, 11) is -0.967. The van der Waals surface area contributed by atoms with Crippen molar-refractivity contribution in [2.24, 2.45) is 0 Å². The van der Waals surface area contributed by atoms with Gasteiger partial charge in [0, 0.05) is 55.8 Å². The minimum atomic E-state index is -0.967. The molecule has 0 amide bonds. The molecule has 0 saturated carbocycles. The van der Waals surface area contributed by atoms with Crippen molar-refractivity contribution in [3.63, 3.8) is 0 Å². The van der Waals surface area contributed by atoms with Gasteiger partial charge in [-0.15, -0.1) is 0 Å². The third kappa shape index (κ3) is 16.0. The molecular weight excluding hydrogens is 407 g/mol. The third-order valence-corrected chi connectivity index (χ3v) is 3.37. The van der Waals surface area contributed by atoms with Crippen molar-refractivity contribution >= 4 is 25.2 Å². The molecule has 0 fully saturated rings. The second-order valence-corrected chi connectivity index (χ2v) is 6.71. The van der Waals surface area contributed by atoms with Crippen LogP contribution in [-0.4, -0.2) is 64.9 Å². The molecule has 0 heterocycles. The first kappa shape index (κ1) is 28.6. The summed E-state index contributed by atoms with van der Waals surface area (Å²) in [5, 5.41) is 0. The van der Waals surface area contributed by atoms with E-state index in [0.717, 1.165) is 0 Å². The molecule has 0 aromatic carbocycles. The van der Waals surface area contributed by atoms with Crippen molar-refractivity contribution in [3.8, 4) is 0 Å². The Morgan fingerprint density at radius 3 is 1.03 bits per heavy atom. The molecule has 0 atom stereocenters. The number of rotatable bonds is 18. The van der Waals surface area contributed by atoms with Crippen molar-refractivity contribution in [1.82, 2.24) is 0 Å². The second kappa shape index (κ2) is 17.3. The van der Waals surface area contributed by atoms with E-state index in [1.165, 1.54) is 0 Å². The summed E-state index contributed by atoms with van der Waals surface area (Å²) in [5.41, 5.74) is 0.973. The minimum absolute atomic E-state index is 0.173. The maximum absolute atomic E-state index is 11.3. The van der Waals surface area contributed by atoms with Crippen LogP contribution >= 0.6 is 0 Å². The highest BCUT2D eigenvalue weighted by molar-refractivity contribution is 6.36. The first-order chi connectivity index (χ1) is 14.6. The van der Waals surface area contributed by atoms with E-state index < -0.39 is 25.2 Å². The maximum Gasteiger partial charge on any atom is 0.639 e. The van der Waals surface area contributed by atoms with E-state index in [9.17, 15) is 14.4 Å². The van der Waals surface area contributed by atoms with Crippen molar-refractivity contribution in [3.05, 3.63) is 36.5 Å². The summed E-state index contributed by atoms with van der Waals surface area (Å²) in [6.07, 6.45) is 1.32. The van der Waals surface area contributed by atoms with E-state index in [1.54, 1.807) is 20.8 Å². The molecule has 31 heavy (non-hydrogen) atoms. The quantitative estimate of drug-likeness (QED) is 0.104. The fourth-order valence-corrected chi connectivity index (χ4v) is 1.72. The number of carbonyl (C=O) groups excluding carboxylic acids is 3. The molecule has 0 aromatic rings. The van der Waals surface area contributed by atoms with Gasteiger partial charge in [-0.1, -0.05) is 19.7 Å². The number of hydrogen-bond donors (Lipinski definition) is 0. The largest absolute Gasteiger partial charge is 0.639 e. The highest BCUT2D eigenvalue weighted by atomic mass is 16.7. The predicted octanol–water partition coefficient (Wildman–Crippen LogP) is 2.55. The van der Waals surface area contributed by atoms with E-state index in [4.69, 9.17) is 28.2 Å². The van der Waals surface area contributed by atoms with Gasteiger partial charge in [0.05, 0.1) is 19.8 Å². The Labute approximate surface area is 184 Å². The smallest absolute Gasteiger partial charge is 0.462 e. The fraction of sp³-hybridized carbons (Fsp3) is 0.571. The number of ether oxygens (including phenoxy) is 3. The van der Waals surface area contributed by atoms with E-state index in [1.807, 2.05) is 0 Å². The number of carbonyl (C=O) groups is 3. The lowest BCUT2D eigenvalue weighted by Crippen LogP contribution is -2.30. The van der Waals surface area contributed by atoms with Gasteiger partial charge in [0.25, 0.3) is 0 Å². The third-order valence-electron chi connectivity index (χ3n) is 3.37. The molecule has 0 aromatic heterocycles. The lowest BCUT2D eigenvalue weighted by atomic mass is 10.2. The zero-order chi connectivity index (χ0) is 23.6. The summed E-state index contributed by atoms with van der Waals surface area (Å²) in [4.78, 5) is 34.0. The van der Waals surface area contributed by atoms with Crippen LogP contribution in [0.5, 0.6) is 0 Å². The van der Waals surface area contributed by atoms with Gasteiger partial charge in [0.2, 0.25) is 0 Å². The molecule has 0 aliphatic rings. The highest BCUT2D eigenvalue weighted by Gasteiger charge is 2.21. The molecule has 0 aliphatic heterocycles. The highest BCUT2D eigenvalue weighted by Crippen LogP contribution is 2.01. The van der Waals surface area contributed by atoms with E-state index in [-0.39, 0.29) is 39.6 Å². The van der Waals surface area contributed by atoms with Crippen LogP contribution < -0.4 is 0 Å². The minimum Gasteiger partial charge on any atom is -0.462 e. The van der Waals surface area contributed by atoms with Gasteiger partial charge in [0.15, 0.2) is 0 Å². The van der Waals surface area contributed by atoms with Crippen molar-refractivity contribution in [2.45, 2.75) is 40.0 Å². The standard InChI is InChI=1S/C21H33BO9/c1-16(2)19(23)26-10-7-13-29-22(30-14-8-11-27-20(24)17(3)4)31-15-9-12-28-21(25)18(5)6/h1,3,5,7-15H2,2,4,6H3. The predicted molar refractivity (Wildman–Crippen MR) is 115 cm³/mol. The van der Waals surface area contributed by atoms with Crippen LogP contribution in [-0.2, 0) is 42.6 Å². The first-order valence-corrected chi connectivity index (χ1v) is 9.97. The lowest BCUT2D eigenvalue weighted by molar-refractivity contribution is -0.140. The van der Waals surface area contributed by atoms with Gasteiger partial charge < -0.3 is 28.2 Å². The van der Waals surface area contributed by atoms with Gasteiger partial charge >= 0.3 is 25.2 Å². The molecule has 0 spiro atoms. The molecule has 10 heteroatoms. The van der Waals surface area contributed by atoms with Crippen molar-refractivity contribution < 1.29 is 42.6 Å². The normalized spacial score (nSPS) is 10.2. The van der Waals surface area contributed by atoms with Crippen LogP contribution in [0.1, 0.15) is 40.0 Å². The SMILES string of the molecule is C=C(C)C(=O)OCCCOB(OCCCOC(=O)C(=C)C)OCCCOC(=O)C(=C)C. The van der Waals surface area contributed by atoms with Crippen LogP contribution in [0.15, 0.2) is 36.5 Å². The van der Waals surface area contributed by atoms with Crippen LogP contribution in [0.25, 0.3) is 0 Å². The average Bonchev–Trinajstić information content (AvgIpc) is 2.71. The Hall–Kier alpha value is -2.43. The zero-order valence-corrected chi connectivity index (χ0v) is 18.7. The molecule has 174 valence electrons. The molecule has 0 radical (unpaired) electrons. The molecule has 0 saturated heterocycles. The Balaban J connectivity index is 4.21. The Morgan fingerprint density at radius 2 is 0.806 bits per heavy atom. The molecule has 9 nitrogen and oxygen atoms in total. The molecule has 0 bridgehead atoms. The van der Waals surface area contributed by atoms with Crippen LogP contribution in [0.2, 0.25) is 0 Å². The van der Waals surface area contributed by atoms with Crippen LogP contribution in [0, 0.1) is 0 Å². The Morgan fingerprint density at radius 1 is 0.548 bits per heavy atom. The number of hydrogen-bond acceptors (Lipinski definition) is 9. The van der Waals surface area contributed by atoms with Gasteiger partial charge in [0.1, 0.15) is 0 Å². The van der Waals surface area contributed by atoms with Gasteiger partial charge in [-0.05, 0) is 20.8 Å². The first-order valence-electron chi connectivity index (χ1n) is 9.97. The zero-order valence-electron chi connectivity index (χ0n) is 18.7. The number of esters is 3. The Bertz CT molecular complexity index is 545. The summed E-state index contributed by atoms with van der Waals surface area (Å²) >= 11 is 0. The Kier molecular flexibility index (Phi) is 15.9. The van der Waals surface area contributed by atoms with Crippen molar-refractivity contribution in [2.75, 3.05) is 39.6 Å².